The lowest BCUT2D eigenvalue weighted by molar-refractivity contribution is -0.146. The van der Waals surface area contributed by atoms with Crippen LogP contribution in [0.2, 0.25) is 0 Å². The van der Waals surface area contributed by atoms with Crippen molar-refractivity contribution in [1.82, 2.24) is 4.90 Å². The topological polar surface area (TPSA) is 104 Å². The Kier molecular flexibility index (Phi) is 6.46. The summed E-state index contributed by atoms with van der Waals surface area (Å²) in [7, 11) is 0. The molecule has 2 aromatic rings. The van der Waals surface area contributed by atoms with E-state index < -0.39 is 17.7 Å². The van der Waals surface area contributed by atoms with Gasteiger partial charge in [-0.05, 0) is 29.8 Å². The number of nitrogen functional groups attached to an aromatic ring is 1. The molecule has 136 valence electrons. The fraction of sp³-hybridized carbons (Fsp3) is 0.211. The number of anilines is 2. The normalized spacial score (nSPS) is 10.2. The van der Waals surface area contributed by atoms with Crippen molar-refractivity contribution in [3.63, 3.8) is 0 Å². The number of rotatable bonds is 5. The van der Waals surface area contributed by atoms with Crippen LogP contribution >= 0.6 is 0 Å². The smallest absolute Gasteiger partial charge is 0.323 e. The van der Waals surface area contributed by atoms with Crippen LogP contribution in [0.4, 0.5) is 11.4 Å². The van der Waals surface area contributed by atoms with Gasteiger partial charge in [0.1, 0.15) is 0 Å². The largest absolute Gasteiger partial charge is 0.399 e. The number of nitrogens with zero attached hydrogens (tertiary/aromatic N) is 2. The van der Waals surface area contributed by atoms with Crippen LogP contribution in [0.1, 0.15) is 12.5 Å². The van der Waals surface area contributed by atoms with Gasteiger partial charge in [0.05, 0.1) is 12.3 Å². The van der Waals surface area contributed by atoms with E-state index in [9.17, 15) is 19.5 Å². The van der Waals surface area contributed by atoms with E-state index >= 15 is 0 Å². The predicted octanol–water partition coefficient (Wildman–Crippen LogP) is 1.17. The lowest BCUT2D eigenvalue weighted by Crippen LogP contribution is -2.47. The number of aliphatic hydroxyl groups excluding tert-OH is 1. The second-order valence-corrected chi connectivity index (χ2v) is 5.69. The van der Waals surface area contributed by atoms with Gasteiger partial charge in [0.15, 0.2) is 0 Å². The van der Waals surface area contributed by atoms with Crippen LogP contribution in [0.5, 0.6) is 0 Å². The van der Waals surface area contributed by atoms with E-state index in [0.717, 1.165) is 10.5 Å². The number of hydrogen-bond acceptors (Lipinski definition) is 5. The highest BCUT2D eigenvalue weighted by atomic mass is 16.3. The molecule has 7 heteroatoms. The first-order valence-corrected chi connectivity index (χ1v) is 8.08. The maximum Gasteiger partial charge on any atom is 0.323 e. The van der Waals surface area contributed by atoms with Gasteiger partial charge in [0.25, 0.3) is 0 Å². The van der Waals surface area contributed by atoms with Gasteiger partial charge in [-0.2, -0.15) is 0 Å². The quantitative estimate of drug-likeness (QED) is 0.619. The number of imide groups is 1. The van der Waals surface area contributed by atoms with Crippen LogP contribution < -0.4 is 10.6 Å². The van der Waals surface area contributed by atoms with Gasteiger partial charge in [-0.3, -0.25) is 14.4 Å². The first kappa shape index (κ1) is 19.1. The van der Waals surface area contributed by atoms with Crippen LogP contribution in [0.3, 0.4) is 0 Å². The fourth-order valence-electron chi connectivity index (χ4n) is 2.47. The minimum absolute atomic E-state index is 0.0209. The molecule has 3 amide bonds. The third-order valence-corrected chi connectivity index (χ3v) is 3.73. The highest BCUT2D eigenvalue weighted by molar-refractivity contribution is 6.45. The van der Waals surface area contributed by atoms with E-state index in [4.69, 9.17) is 5.73 Å². The summed E-state index contributed by atoms with van der Waals surface area (Å²) in [6.07, 6.45) is 0. The molecule has 0 atom stereocenters. The Hall–Kier alpha value is -3.19. The van der Waals surface area contributed by atoms with Crippen molar-refractivity contribution in [2.45, 2.75) is 13.5 Å². The van der Waals surface area contributed by atoms with Gasteiger partial charge in [-0.1, -0.05) is 30.3 Å². The molecule has 0 heterocycles. The van der Waals surface area contributed by atoms with Crippen molar-refractivity contribution in [3.8, 4) is 0 Å². The molecule has 0 spiro atoms. The summed E-state index contributed by atoms with van der Waals surface area (Å²) in [4.78, 5) is 39.3. The number of aliphatic hydroxyl groups is 1. The lowest BCUT2D eigenvalue weighted by Gasteiger charge is -2.25. The molecular formula is C19H21N3O4. The Morgan fingerprint density at radius 3 is 2.12 bits per heavy atom. The summed E-state index contributed by atoms with van der Waals surface area (Å²) in [5.41, 5.74) is 7.16. The number of carbonyl (C=O) groups is 3. The van der Waals surface area contributed by atoms with Crippen molar-refractivity contribution in [2.24, 2.45) is 0 Å². The summed E-state index contributed by atoms with van der Waals surface area (Å²) < 4.78 is 0. The zero-order chi connectivity index (χ0) is 19.1. The van der Waals surface area contributed by atoms with E-state index in [-0.39, 0.29) is 25.4 Å². The molecule has 0 radical (unpaired) electrons. The van der Waals surface area contributed by atoms with Gasteiger partial charge >= 0.3 is 11.8 Å². The molecule has 7 nitrogen and oxygen atoms in total. The minimum Gasteiger partial charge on any atom is -0.399 e. The monoisotopic (exact) mass is 355 g/mol. The first-order chi connectivity index (χ1) is 12.4. The molecule has 2 rings (SSSR count). The summed E-state index contributed by atoms with van der Waals surface area (Å²) in [5.74, 6) is -2.43. The zero-order valence-corrected chi connectivity index (χ0v) is 14.5. The fourth-order valence-corrected chi connectivity index (χ4v) is 2.47. The van der Waals surface area contributed by atoms with Gasteiger partial charge in [0.2, 0.25) is 5.91 Å². The molecular weight excluding hydrogens is 334 g/mol. The van der Waals surface area contributed by atoms with E-state index in [0.29, 0.717) is 5.69 Å². The van der Waals surface area contributed by atoms with Gasteiger partial charge in [0, 0.05) is 25.7 Å². The van der Waals surface area contributed by atoms with E-state index in [2.05, 4.69) is 0 Å². The molecule has 0 saturated carbocycles. The second kappa shape index (κ2) is 8.77. The number of benzene rings is 2. The number of carbonyl (C=O) groups excluding carboxylic acids is 3. The SMILES string of the molecule is CC(=O)N(C(=O)C(=O)N(CCO)Cc1ccccc1)c1ccc(N)cc1. The van der Waals surface area contributed by atoms with Crippen LogP contribution in [0, 0.1) is 0 Å². The molecule has 0 aliphatic carbocycles. The molecule has 0 saturated heterocycles. The van der Waals surface area contributed by atoms with Crippen molar-refractivity contribution < 1.29 is 19.5 Å². The highest BCUT2D eigenvalue weighted by Crippen LogP contribution is 2.18. The van der Waals surface area contributed by atoms with E-state index in [1.54, 1.807) is 12.1 Å². The Bertz CT molecular complexity index is 775. The van der Waals surface area contributed by atoms with Crippen molar-refractivity contribution in [3.05, 3.63) is 60.2 Å². The number of amides is 3. The zero-order valence-electron chi connectivity index (χ0n) is 14.5. The average Bonchev–Trinajstić information content (AvgIpc) is 2.63. The average molecular weight is 355 g/mol. The lowest BCUT2D eigenvalue weighted by atomic mass is 10.2. The summed E-state index contributed by atoms with van der Waals surface area (Å²) in [6.45, 7) is 1.04. The molecule has 0 fully saturated rings. The molecule has 0 bridgehead atoms. The molecule has 26 heavy (non-hydrogen) atoms. The summed E-state index contributed by atoms with van der Waals surface area (Å²) in [5, 5.41) is 9.24. The van der Waals surface area contributed by atoms with E-state index in [1.165, 1.54) is 24.0 Å². The molecule has 0 aliphatic rings. The highest BCUT2D eigenvalue weighted by Gasteiger charge is 2.30. The van der Waals surface area contributed by atoms with Gasteiger partial charge in [-0.25, -0.2) is 4.90 Å². The molecule has 0 unspecified atom stereocenters. The van der Waals surface area contributed by atoms with E-state index in [1.807, 2.05) is 30.3 Å². The predicted molar refractivity (Wildman–Crippen MR) is 98.0 cm³/mol. The third kappa shape index (κ3) is 4.67. The summed E-state index contributed by atoms with van der Waals surface area (Å²) >= 11 is 0. The van der Waals surface area contributed by atoms with Crippen LogP contribution in [0.25, 0.3) is 0 Å². The Labute approximate surface area is 151 Å². The summed E-state index contributed by atoms with van der Waals surface area (Å²) in [6, 6.07) is 15.2. The van der Waals surface area contributed by atoms with Gasteiger partial charge in [-0.15, -0.1) is 0 Å². The van der Waals surface area contributed by atoms with Crippen LogP contribution in [-0.2, 0) is 20.9 Å². The Morgan fingerprint density at radius 2 is 1.58 bits per heavy atom. The number of nitrogens with two attached hydrogens (primary N) is 1. The molecule has 0 aromatic heterocycles. The minimum atomic E-state index is -0.980. The number of hydrogen-bond donors (Lipinski definition) is 2. The van der Waals surface area contributed by atoms with Crippen molar-refractivity contribution in [2.75, 3.05) is 23.8 Å². The van der Waals surface area contributed by atoms with Gasteiger partial charge < -0.3 is 15.7 Å². The molecule has 3 N–H and O–H groups in total. The third-order valence-electron chi connectivity index (χ3n) is 3.73. The maximum absolute atomic E-state index is 12.7. The van der Waals surface area contributed by atoms with Crippen molar-refractivity contribution >= 4 is 29.1 Å². The van der Waals surface area contributed by atoms with Crippen LogP contribution in [-0.4, -0.2) is 40.9 Å². The van der Waals surface area contributed by atoms with Crippen LogP contribution in [0.15, 0.2) is 54.6 Å². The Balaban J connectivity index is 2.25. The Morgan fingerprint density at radius 1 is 0.962 bits per heavy atom. The molecule has 2 aromatic carbocycles. The molecule has 0 aliphatic heterocycles. The van der Waals surface area contributed by atoms with Crippen molar-refractivity contribution in [1.29, 1.82) is 0 Å². The standard InChI is InChI=1S/C19H21N3O4/c1-14(24)22(17-9-7-16(20)8-10-17)19(26)18(25)21(11-12-23)13-15-5-3-2-4-6-15/h2-10,23H,11-13,20H2,1H3. The first-order valence-electron chi connectivity index (χ1n) is 8.08. The second-order valence-electron chi connectivity index (χ2n) is 5.69. The maximum atomic E-state index is 12.7.